The lowest BCUT2D eigenvalue weighted by Gasteiger charge is -2.23. The van der Waals surface area contributed by atoms with Crippen LogP contribution >= 0.6 is 0 Å². The van der Waals surface area contributed by atoms with E-state index in [1.807, 2.05) is 25.1 Å². The van der Waals surface area contributed by atoms with E-state index < -0.39 is 0 Å². The van der Waals surface area contributed by atoms with Crippen LogP contribution in [0.1, 0.15) is 49.1 Å². The fraction of sp³-hybridized carbons (Fsp3) is 0.480. The van der Waals surface area contributed by atoms with Crippen LogP contribution in [0.2, 0.25) is 0 Å². The van der Waals surface area contributed by atoms with Gasteiger partial charge in [0.25, 0.3) is 0 Å². The summed E-state index contributed by atoms with van der Waals surface area (Å²) < 4.78 is 30.5. The molecule has 4 rings (SSSR count). The van der Waals surface area contributed by atoms with Crippen molar-refractivity contribution in [1.29, 1.82) is 0 Å². The van der Waals surface area contributed by atoms with Crippen molar-refractivity contribution in [1.82, 2.24) is 0 Å². The van der Waals surface area contributed by atoms with Gasteiger partial charge in [-0.25, -0.2) is 4.39 Å². The number of esters is 1. The van der Waals surface area contributed by atoms with Crippen molar-refractivity contribution in [3.63, 3.8) is 0 Å². The van der Waals surface area contributed by atoms with Crippen LogP contribution in [0.25, 0.3) is 0 Å². The number of carbonyl (C=O) groups excluding carboxylic acids is 1. The molecule has 2 aromatic carbocycles. The highest BCUT2D eigenvalue weighted by molar-refractivity contribution is 5.73. The Kier molecular flexibility index (Phi) is 5.98. The number of rotatable bonds is 9. The van der Waals surface area contributed by atoms with Crippen molar-refractivity contribution in [3.8, 4) is 11.5 Å². The molecule has 2 aliphatic carbocycles. The third kappa shape index (κ3) is 4.45. The average Bonchev–Trinajstić information content (AvgIpc) is 3.68. The molecule has 0 radical (unpaired) electrons. The molecule has 30 heavy (non-hydrogen) atoms. The van der Waals surface area contributed by atoms with Crippen LogP contribution in [-0.2, 0) is 9.53 Å². The molecule has 2 fully saturated rings. The molecule has 0 saturated heterocycles. The molecule has 0 amide bonds. The molecule has 0 aliphatic heterocycles. The first kappa shape index (κ1) is 20.7. The van der Waals surface area contributed by atoms with Gasteiger partial charge in [-0.15, -0.1) is 0 Å². The van der Waals surface area contributed by atoms with Crippen molar-refractivity contribution in [2.75, 3.05) is 20.8 Å². The molecule has 5 heteroatoms. The summed E-state index contributed by atoms with van der Waals surface area (Å²) >= 11 is 0. The molecule has 0 bridgehead atoms. The van der Waals surface area contributed by atoms with Gasteiger partial charge in [0.2, 0.25) is 0 Å². The van der Waals surface area contributed by atoms with E-state index in [1.54, 1.807) is 19.2 Å². The van der Waals surface area contributed by atoms with Gasteiger partial charge in [-0.2, -0.15) is 0 Å². The third-order valence-corrected chi connectivity index (χ3v) is 6.47. The van der Waals surface area contributed by atoms with Gasteiger partial charge in [0.05, 0.1) is 26.7 Å². The molecule has 0 unspecified atom stereocenters. The first-order valence-electron chi connectivity index (χ1n) is 10.7. The minimum absolute atomic E-state index is 0.153. The van der Waals surface area contributed by atoms with Gasteiger partial charge in [-0.1, -0.05) is 19.1 Å². The summed E-state index contributed by atoms with van der Waals surface area (Å²) in [6.45, 7) is 2.49. The average molecular weight is 413 g/mol. The Morgan fingerprint density at radius 3 is 2.63 bits per heavy atom. The van der Waals surface area contributed by atoms with Crippen molar-refractivity contribution in [2.24, 2.45) is 17.8 Å². The summed E-state index contributed by atoms with van der Waals surface area (Å²) in [6.07, 6.45) is 3.20. The second kappa shape index (κ2) is 8.66. The first-order chi connectivity index (χ1) is 14.5. The molecule has 2 aromatic rings. The van der Waals surface area contributed by atoms with Gasteiger partial charge in [0.1, 0.15) is 17.3 Å². The van der Waals surface area contributed by atoms with Gasteiger partial charge < -0.3 is 14.2 Å². The molecule has 4 nitrogen and oxygen atoms in total. The highest BCUT2D eigenvalue weighted by atomic mass is 19.1. The smallest absolute Gasteiger partial charge is 0.309 e. The van der Waals surface area contributed by atoms with Crippen LogP contribution in [-0.4, -0.2) is 26.8 Å². The maximum atomic E-state index is 14.2. The van der Waals surface area contributed by atoms with E-state index >= 15 is 0 Å². The van der Waals surface area contributed by atoms with Gasteiger partial charge in [0, 0.05) is 5.92 Å². The van der Waals surface area contributed by atoms with Crippen molar-refractivity contribution >= 4 is 5.97 Å². The highest BCUT2D eigenvalue weighted by Gasteiger charge is 2.41. The van der Waals surface area contributed by atoms with Crippen LogP contribution < -0.4 is 9.47 Å². The Hall–Kier alpha value is -2.56. The SMILES string of the molecule is COC(=O)[C@@H](C)[C@H](c1cccc(OC[C@@H]2C[C@H]2c2cc(OC)ccc2F)c1)C1CC1. The molecular formula is C25H29FO4. The maximum absolute atomic E-state index is 14.2. The molecular weight excluding hydrogens is 383 g/mol. The van der Waals surface area contributed by atoms with E-state index in [0.717, 1.165) is 30.6 Å². The highest BCUT2D eigenvalue weighted by Crippen LogP contribution is 2.50. The molecule has 160 valence electrons. The van der Waals surface area contributed by atoms with Gasteiger partial charge in [-0.05, 0) is 78.5 Å². The largest absolute Gasteiger partial charge is 0.497 e. The summed E-state index contributed by atoms with van der Waals surface area (Å²) in [5, 5.41) is 0. The van der Waals surface area contributed by atoms with E-state index in [2.05, 4.69) is 6.07 Å². The lowest BCUT2D eigenvalue weighted by atomic mass is 9.83. The number of benzene rings is 2. The number of hydrogen-bond acceptors (Lipinski definition) is 4. The zero-order chi connectivity index (χ0) is 21.3. The molecule has 0 N–H and O–H groups in total. The molecule has 2 saturated carbocycles. The summed E-state index contributed by atoms with van der Waals surface area (Å²) in [5.74, 6) is 2.09. The number of hydrogen-bond donors (Lipinski definition) is 0. The Morgan fingerprint density at radius 2 is 1.93 bits per heavy atom. The molecule has 4 atom stereocenters. The van der Waals surface area contributed by atoms with E-state index in [0.29, 0.717) is 29.8 Å². The fourth-order valence-corrected chi connectivity index (χ4v) is 4.52. The molecule has 0 aromatic heterocycles. The monoisotopic (exact) mass is 412 g/mol. The minimum atomic E-state index is -0.186. The Balaban J connectivity index is 1.40. The number of carbonyl (C=O) groups is 1. The summed E-state index contributed by atoms with van der Waals surface area (Å²) in [4.78, 5) is 12.1. The Bertz CT molecular complexity index is 908. The number of ether oxygens (including phenoxy) is 3. The second-order valence-corrected chi connectivity index (χ2v) is 8.55. The predicted octanol–water partition coefficient (Wildman–Crippen LogP) is 5.32. The van der Waals surface area contributed by atoms with E-state index in [-0.39, 0.29) is 29.5 Å². The molecule has 2 aliphatic rings. The first-order valence-corrected chi connectivity index (χ1v) is 10.7. The topological polar surface area (TPSA) is 44.8 Å². The summed E-state index contributed by atoms with van der Waals surface area (Å²) in [7, 11) is 3.03. The van der Waals surface area contributed by atoms with Crippen molar-refractivity contribution in [3.05, 3.63) is 59.4 Å². The van der Waals surface area contributed by atoms with Gasteiger partial charge in [-0.3, -0.25) is 4.79 Å². The zero-order valence-electron chi connectivity index (χ0n) is 17.8. The normalized spacial score (nSPS) is 22.1. The summed E-state index contributed by atoms with van der Waals surface area (Å²) in [6, 6.07) is 12.9. The predicted molar refractivity (Wildman–Crippen MR) is 112 cm³/mol. The molecule has 0 heterocycles. The van der Waals surface area contributed by atoms with Crippen molar-refractivity contribution in [2.45, 2.75) is 38.0 Å². The van der Waals surface area contributed by atoms with Crippen LogP contribution in [0.4, 0.5) is 4.39 Å². The minimum Gasteiger partial charge on any atom is -0.497 e. The van der Waals surface area contributed by atoms with Crippen LogP contribution in [0.15, 0.2) is 42.5 Å². The van der Waals surface area contributed by atoms with Crippen LogP contribution in [0, 0.1) is 23.6 Å². The van der Waals surface area contributed by atoms with Gasteiger partial charge >= 0.3 is 5.97 Å². The lowest BCUT2D eigenvalue weighted by Crippen LogP contribution is -2.22. The van der Waals surface area contributed by atoms with Crippen LogP contribution in [0.5, 0.6) is 11.5 Å². The zero-order valence-corrected chi connectivity index (χ0v) is 17.8. The van der Waals surface area contributed by atoms with E-state index in [9.17, 15) is 9.18 Å². The maximum Gasteiger partial charge on any atom is 0.309 e. The third-order valence-electron chi connectivity index (χ3n) is 6.47. The fourth-order valence-electron chi connectivity index (χ4n) is 4.52. The quantitative estimate of drug-likeness (QED) is 0.523. The standard InChI is InChI=1S/C25H29FO4/c1-15(25(27)29-3)24(16-7-8-16)17-5-4-6-20(11-17)30-14-18-12-21(18)22-13-19(28-2)9-10-23(22)26/h4-6,9-11,13,15-16,18,21,24H,7-8,12,14H2,1-3H3/t15-,18-,21+,24-/m0/s1. The lowest BCUT2D eigenvalue weighted by molar-refractivity contribution is -0.145. The van der Waals surface area contributed by atoms with Crippen molar-refractivity contribution < 1.29 is 23.4 Å². The van der Waals surface area contributed by atoms with E-state index in [4.69, 9.17) is 14.2 Å². The number of halogens is 1. The van der Waals surface area contributed by atoms with Gasteiger partial charge in [0.15, 0.2) is 0 Å². The Labute approximate surface area is 177 Å². The van der Waals surface area contributed by atoms with Crippen LogP contribution in [0.3, 0.4) is 0 Å². The molecule has 0 spiro atoms. The number of methoxy groups -OCH3 is 2. The summed E-state index contributed by atoms with van der Waals surface area (Å²) in [5.41, 5.74) is 1.83. The second-order valence-electron chi connectivity index (χ2n) is 8.55. The Morgan fingerprint density at radius 1 is 1.13 bits per heavy atom. The van der Waals surface area contributed by atoms with E-state index in [1.165, 1.54) is 13.2 Å².